The molecule has 1 saturated carbocycles. The van der Waals surface area contributed by atoms with Gasteiger partial charge in [-0.1, -0.05) is 66.8 Å². The standard InChI is InChI=1S/C29H34O2/c1-22-9-8-12-23(19-22)15-16-26-20-27(29(30)25-13-6-3-7-14-25)17-18-28(26)31-21-24-10-4-2-5-11-24/h2,4-6,10-11,13-14,17-18,20,23,29-30H,1,3,7-9,12,15-16,19,21H2. The van der Waals surface area contributed by atoms with Gasteiger partial charge in [-0.05, 0) is 91.7 Å². The molecule has 0 heterocycles. The van der Waals surface area contributed by atoms with Gasteiger partial charge in [-0.25, -0.2) is 0 Å². The maximum Gasteiger partial charge on any atom is 0.123 e. The summed E-state index contributed by atoms with van der Waals surface area (Å²) < 4.78 is 6.24. The lowest BCUT2D eigenvalue weighted by Gasteiger charge is -2.24. The van der Waals surface area contributed by atoms with Gasteiger partial charge >= 0.3 is 0 Å². The van der Waals surface area contributed by atoms with Crippen LogP contribution in [0.2, 0.25) is 0 Å². The van der Waals surface area contributed by atoms with Crippen LogP contribution in [0.25, 0.3) is 0 Å². The van der Waals surface area contributed by atoms with Crippen LogP contribution in [0.1, 0.15) is 67.7 Å². The highest BCUT2D eigenvalue weighted by atomic mass is 16.5. The molecular formula is C29H34O2. The summed E-state index contributed by atoms with van der Waals surface area (Å²) in [5.41, 5.74) is 5.71. The summed E-state index contributed by atoms with van der Waals surface area (Å²) in [5, 5.41) is 10.9. The summed E-state index contributed by atoms with van der Waals surface area (Å²) >= 11 is 0. The molecule has 0 aromatic heterocycles. The van der Waals surface area contributed by atoms with Gasteiger partial charge in [0, 0.05) is 0 Å². The Labute approximate surface area is 187 Å². The van der Waals surface area contributed by atoms with Gasteiger partial charge < -0.3 is 9.84 Å². The third-order valence-corrected chi connectivity index (χ3v) is 6.52. The lowest BCUT2D eigenvalue weighted by Crippen LogP contribution is -2.10. The van der Waals surface area contributed by atoms with Gasteiger partial charge in [0.25, 0.3) is 0 Å². The van der Waals surface area contributed by atoms with Crippen LogP contribution >= 0.6 is 0 Å². The first-order valence-electron chi connectivity index (χ1n) is 11.7. The first-order chi connectivity index (χ1) is 15.2. The quantitative estimate of drug-likeness (QED) is 0.461. The number of aryl methyl sites for hydroxylation is 1. The number of ether oxygens (including phenoxy) is 1. The molecule has 2 aromatic carbocycles. The number of hydrogen-bond acceptors (Lipinski definition) is 2. The Kier molecular flexibility index (Phi) is 7.43. The molecule has 2 atom stereocenters. The minimum absolute atomic E-state index is 0.559. The van der Waals surface area contributed by atoms with Crippen LogP contribution in [0.3, 0.4) is 0 Å². The highest BCUT2D eigenvalue weighted by Gasteiger charge is 2.19. The number of allylic oxidation sites excluding steroid dienone is 3. The first kappa shape index (κ1) is 21.6. The van der Waals surface area contributed by atoms with E-state index in [1.54, 1.807) is 0 Å². The highest BCUT2D eigenvalue weighted by Crippen LogP contribution is 2.34. The fourth-order valence-electron chi connectivity index (χ4n) is 4.73. The van der Waals surface area contributed by atoms with E-state index >= 15 is 0 Å². The summed E-state index contributed by atoms with van der Waals surface area (Å²) in [6.45, 7) is 4.78. The predicted octanol–water partition coefficient (Wildman–Crippen LogP) is 7.25. The molecule has 4 rings (SSSR count). The Hall–Kier alpha value is -2.58. The number of rotatable bonds is 8. The van der Waals surface area contributed by atoms with E-state index in [0.29, 0.717) is 12.5 Å². The van der Waals surface area contributed by atoms with Gasteiger partial charge in [-0.2, -0.15) is 0 Å². The third kappa shape index (κ3) is 5.98. The average molecular weight is 415 g/mol. The summed E-state index contributed by atoms with van der Waals surface area (Å²) in [5.74, 6) is 1.64. The van der Waals surface area contributed by atoms with Crippen molar-refractivity contribution in [1.29, 1.82) is 0 Å². The predicted molar refractivity (Wildman–Crippen MR) is 128 cm³/mol. The van der Waals surface area contributed by atoms with Crippen molar-refractivity contribution in [3.05, 3.63) is 101 Å². The van der Waals surface area contributed by atoms with Crippen LogP contribution in [0, 0.1) is 5.92 Å². The second-order valence-corrected chi connectivity index (χ2v) is 8.98. The summed E-state index contributed by atoms with van der Waals surface area (Å²) in [6, 6.07) is 16.5. The van der Waals surface area contributed by atoms with Crippen molar-refractivity contribution in [3.8, 4) is 5.75 Å². The molecule has 0 bridgehead atoms. The van der Waals surface area contributed by atoms with E-state index in [1.807, 2.05) is 30.3 Å². The largest absolute Gasteiger partial charge is 0.489 e. The summed E-state index contributed by atoms with van der Waals surface area (Å²) in [4.78, 5) is 0. The molecule has 0 spiro atoms. The van der Waals surface area contributed by atoms with E-state index in [9.17, 15) is 5.11 Å². The van der Waals surface area contributed by atoms with E-state index in [1.165, 1.54) is 36.0 Å². The van der Waals surface area contributed by atoms with Gasteiger partial charge in [0.05, 0.1) is 0 Å². The van der Waals surface area contributed by atoms with Crippen LogP contribution in [-0.4, -0.2) is 5.11 Å². The Balaban J connectivity index is 1.51. The van der Waals surface area contributed by atoms with Crippen LogP contribution in [0.4, 0.5) is 0 Å². The molecule has 2 nitrogen and oxygen atoms in total. The van der Waals surface area contributed by atoms with Crippen LogP contribution in [0.5, 0.6) is 5.75 Å². The van der Waals surface area contributed by atoms with Crippen molar-refractivity contribution in [3.63, 3.8) is 0 Å². The lowest BCUT2D eigenvalue weighted by molar-refractivity contribution is 0.218. The lowest BCUT2D eigenvalue weighted by atomic mass is 9.82. The third-order valence-electron chi connectivity index (χ3n) is 6.52. The van der Waals surface area contributed by atoms with Crippen molar-refractivity contribution in [2.45, 2.75) is 64.1 Å². The molecular weight excluding hydrogens is 380 g/mol. The summed E-state index contributed by atoms with van der Waals surface area (Å²) in [7, 11) is 0. The number of aliphatic hydroxyl groups is 1. The Morgan fingerprint density at radius 3 is 2.74 bits per heavy atom. The fraction of sp³-hybridized carbons (Fsp3) is 0.379. The number of benzene rings is 2. The van der Waals surface area contributed by atoms with E-state index in [-0.39, 0.29) is 0 Å². The van der Waals surface area contributed by atoms with Gasteiger partial charge in [0.2, 0.25) is 0 Å². The highest BCUT2D eigenvalue weighted by molar-refractivity contribution is 5.42. The molecule has 0 saturated heterocycles. The van der Waals surface area contributed by atoms with E-state index in [4.69, 9.17) is 4.74 Å². The smallest absolute Gasteiger partial charge is 0.123 e. The van der Waals surface area contributed by atoms with Crippen molar-refractivity contribution >= 4 is 0 Å². The molecule has 0 radical (unpaired) electrons. The molecule has 0 aliphatic heterocycles. The monoisotopic (exact) mass is 414 g/mol. The first-order valence-corrected chi connectivity index (χ1v) is 11.7. The van der Waals surface area contributed by atoms with Gasteiger partial charge in [-0.15, -0.1) is 0 Å². The zero-order chi connectivity index (χ0) is 21.5. The SMILES string of the molecule is C=C1CCCC(CCc2cc(C(O)C3=CCCC=C3)ccc2OCc2ccccc2)C1. The molecule has 1 N–H and O–H groups in total. The topological polar surface area (TPSA) is 29.5 Å². The van der Waals surface area contributed by atoms with Crippen molar-refractivity contribution in [2.75, 3.05) is 0 Å². The second kappa shape index (κ2) is 10.6. The van der Waals surface area contributed by atoms with Crippen molar-refractivity contribution < 1.29 is 9.84 Å². The normalized spacial score (nSPS) is 19.7. The van der Waals surface area contributed by atoms with E-state index < -0.39 is 6.10 Å². The Morgan fingerprint density at radius 2 is 1.97 bits per heavy atom. The number of hydrogen-bond donors (Lipinski definition) is 1. The minimum atomic E-state index is -0.576. The van der Waals surface area contributed by atoms with E-state index in [0.717, 1.165) is 49.0 Å². The molecule has 162 valence electrons. The van der Waals surface area contributed by atoms with Crippen LogP contribution in [-0.2, 0) is 13.0 Å². The average Bonchev–Trinajstić information content (AvgIpc) is 2.82. The van der Waals surface area contributed by atoms with E-state index in [2.05, 4.69) is 43.0 Å². The fourth-order valence-corrected chi connectivity index (χ4v) is 4.73. The molecule has 2 aliphatic carbocycles. The van der Waals surface area contributed by atoms with Crippen LogP contribution in [0.15, 0.2) is 84.5 Å². The molecule has 2 aromatic rings. The zero-order valence-corrected chi connectivity index (χ0v) is 18.4. The molecule has 0 amide bonds. The Bertz CT molecular complexity index is 938. The Morgan fingerprint density at radius 1 is 1.10 bits per heavy atom. The molecule has 31 heavy (non-hydrogen) atoms. The van der Waals surface area contributed by atoms with Gasteiger partial charge in [0.1, 0.15) is 18.5 Å². The molecule has 2 unspecified atom stereocenters. The molecule has 2 heteroatoms. The van der Waals surface area contributed by atoms with Gasteiger partial charge in [0.15, 0.2) is 0 Å². The zero-order valence-electron chi connectivity index (χ0n) is 18.4. The maximum absolute atomic E-state index is 10.9. The minimum Gasteiger partial charge on any atom is -0.489 e. The molecule has 1 fully saturated rings. The van der Waals surface area contributed by atoms with Crippen molar-refractivity contribution in [2.24, 2.45) is 5.92 Å². The maximum atomic E-state index is 10.9. The summed E-state index contributed by atoms with van der Waals surface area (Å²) in [6.07, 6.45) is 14.8. The van der Waals surface area contributed by atoms with Crippen molar-refractivity contribution in [1.82, 2.24) is 0 Å². The molecule has 2 aliphatic rings. The number of aliphatic hydroxyl groups excluding tert-OH is 1. The van der Waals surface area contributed by atoms with Gasteiger partial charge in [-0.3, -0.25) is 0 Å². The second-order valence-electron chi connectivity index (χ2n) is 8.98. The van der Waals surface area contributed by atoms with Crippen LogP contribution < -0.4 is 4.74 Å².